The number of carbonyl (C=O) groups excluding carboxylic acids is 1. The Morgan fingerprint density at radius 3 is 2.79 bits per heavy atom. The number of ether oxygens (including phenoxy) is 1. The number of aliphatic hydroxyl groups excluding tert-OH is 1. The first kappa shape index (κ1) is 19.0. The molecule has 0 unspecified atom stereocenters. The lowest BCUT2D eigenvalue weighted by molar-refractivity contribution is -0.140. The van der Waals surface area contributed by atoms with Crippen LogP contribution < -0.4 is 10.2 Å². The van der Waals surface area contributed by atoms with Crippen molar-refractivity contribution in [2.75, 3.05) is 11.5 Å². The maximum atomic E-state index is 13.2. The molecular weight excluding hydrogens is 430 g/mol. The molecular formula is C27H23N3O4. The molecule has 4 aliphatic heterocycles. The van der Waals surface area contributed by atoms with Crippen molar-refractivity contribution < 1.29 is 19.7 Å². The van der Waals surface area contributed by atoms with Crippen molar-refractivity contribution in [3.05, 3.63) is 70.8 Å². The van der Waals surface area contributed by atoms with Crippen molar-refractivity contribution in [1.82, 2.24) is 9.88 Å². The standard InChI is InChI=1S/C27H23N3O4/c1-26-27(33,13-31)11-20(34-26)29-19-9-5-3-7-15(19)21-22-17(12-28-25(22)32)16-10-14-6-2-4-8-18(14)30(26)23(16)24(21)29/h2-9,20,31,33H,10-13H2,1H3,(H,28,32)/t20-,26+,27+/m0/s1. The number of aromatic nitrogens is 1. The molecule has 0 spiro atoms. The van der Waals surface area contributed by atoms with Crippen LogP contribution in [0.4, 0.5) is 11.4 Å². The zero-order valence-corrected chi connectivity index (χ0v) is 18.6. The average molecular weight is 453 g/mol. The molecule has 5 heterocycles. The van der Waals surface area contributed by atoms with Gasteiger partial charge in [0, 0.05) is 35.8 Å². The van der Waals surface area contributed by atoms with Gasteiger partial charge in [0.25, 0.3) is 5.91 Å². The average Bonchev–Trinajstić information content (AvgIpc) is 3.45. The van der Waals surface area contributed by atoms with Gasteiger partial charge < -0.3 is 29.7 Å². The largest absolute Gasteiger partial charge is 0.393 e. The fourth-order valence-corrected chi connectivity index (χ4v) is 6.91. The fraction of sp³-hybridized carbons (Fsp3) is 0.296. The lowest BCUT2D eigenvalue weighted by Gasteiger charge is -2.49. The molecule has 1 fully saturated rings. The van der Waals surface area contributed by atoms with Crippen LogP contribution in [0, 0.1) is 0 Å². The number of nitrogens with one attached hydrogen (secondary N) is 1. The van der Waals surface area contributed by atoms with E-state index >= 15 is 0 Å². The normalized spacial score (nSPS) is 28.3. The van der Waals surface area contributed by atoms with Crippen molar-refractivity contribution >= 4 is 39.1 Å². The summed E-state index contributed by atoms with van der Waals surface area (Å²) in [7, 11) is 0. The summed E-state index contributed by atoms with van der Waals surface area (Å²) in [6, 6.07) is 16.2. The molecule has 8 rings (SSSR count). The van der Waals surface area contributed by atoms with E-state index in [1.54, 1.807) is 0 Å². The molecule has 1 aromatic heterocycles. The van der Waals surface area contributed by atoms with Crippen molar-refractivity contribution in [1.29, 1.82) is 0 Å². The smallest absolute Gasteiger partial charge is 0.252 e. The van der Waals surface area contributed by atoms with Gasteiger partial charge in [-0.15, -0.1) is 0 Å². The summed E-state index contributed by atoms with van der Waals surface area (Å²) >= 11 is 0. The highest BCUT2D eigenvalue weighted by molar-refractivity contribution is 6.24. The van der Waals surface area contributed by atoms with E-state index in [1.165, 1.54) is 0 Å². The number of aliphatic hydroxyl groups is 2. The highest BCUT2D eigenvalue weighted by Crippen LogP contribution is 2.60. The lowest BCUT2D eigenvalue weighted by Crippen LogP contribution is -2.61. The van der Waals surface area contributed by atoms with E-state index < -0.39 is 24.2 Å². The Balaban J connectivity index is 1.65. The van der Waals surface area contributed by atoms with Crippen molar-refractivity contribution in [2.24, 2.45) is 0 Å². The highest BCUT2D eigenvalue weighted by Gasteiger charge is 2.63. The van der Waals surface area contributed by atoms with E-state index in [1.807, 2.05) is 37.3 Å². The molecule has 0 radical (unpaired) electrons. The summed E-state index contributed by atoms with van der Waals surface area (Å²) in [5.41, 5.74) is 5.14. The van der Waals surface area contributed by atoms with Crippen molar-refractivity contribution in [2.45, 2.75) is 43.9 Å². The molecule has 1 amide bonds. The number of fused-ring (bicyclic) bond motifs is 12. The topological polar surface area (TPSA) is 87.0 Å². The summed E-state index contributed by atoms with van der Waals surface area (Å²) in [6.07, 6.45) is 0.438. The minimum absolute atomic E-state index is 0.0421. The molecule has 4 aliphatic rings. The van der Waals surface area contributed by atoms with Gasteiger partial charge in [0.1, 0.15) is 11.8 Å². The molecule has 2 bridgehead atoms. The van der Waals surface area contributed by atoms with E-state index in [4.69, 9.17) is 4.74 Å². The Bertz CT molecular complexity index is 1610. The molecule has 0 saturated carbocycles. The first-order chi connectivity index (χ1) is 16.5. The van der Waals surface area contributed by atoms with Gasteiger partial charge in [0.2, 0.25) is 0 Å². The lowest BCUT2D eigenvalue weighted by atomic mass is 9.82. The van der Waals surface area contributed by atoms with Gasteiger partial charge in [-0.1, -0.05) is 36.4 Å². The summed E-state index contributed by atoms with van der Waals surface area (Å²) in [4.78, 5) is 15.3. The van der Waals surface area contributed by atoms with Crippen LogP contribution in [0.25, 0.3) is 21.8 Å². The Morgan fingerprint density at radius 1 is 1.15 bits per heavy atom. The molecule has 7 nitrogen and oxygen atoms in total. The fourth-order valence-electron chi connectivity index (χ4n) is 6.91. The predicted molar refractivity (Wildman–Crippen MR) is 127 cm³/mol. The second kappa shape index (κ2) is 5.81. The molecule has 170 valence electrons. The number of para-hydroxylation sites is 2. The van der Waals surface area contributed by atoms with Gasteiger partial charge in [-0.3, -0.25) is 4.79 Å². The Hall–Kier alpha value is -3.39. The molecule has 3 N–H and O–H groups in total. The number of amides is 1. The van der Waals surface area contributed by atoms with Gasteiger partial charge in [0.15, 0.2) is 5.72 Å². The SMILES string of the molecule is C[C@@]12O[C@@H](C[C@@]1(O)CO)n1c3ccccc3c3c4c(c5c(c31)N2c1ccccc1C5)CNC4=O. The molecule has 34 heavy (non-hydrogen) atoms. The molecule has 3 aromatic carbocycles. The van der Waals surface area contributed by atoms with Crippen LogP contribution >= 0.6 is 0 Å². The van der Waals surface area contributed by atoms with Gasteiger partial charge in [-0.2, -0.15) is 0 Å². The summed E-state index contributed by atoms with van der Waals surface area (Å²) in [5.74, 6) is -0.0421. The third kappa shape index (κ3) is 1.88. The number of benzene rings is 3. The monoisotopic (exact) mass is 453 g/mol. The van der Waals surface area contributed by atoms with E-state index in [0.29, 0.717) is 13.0 Å². The summed E-state index contributed by atoms with van der Waals surface area (Å²) < 4.78 is 8.89. The maximum absolute atomic E-state index is 13.2. The molecule has 7 heteroatoms. The molecule has 4 aromatic rings. The molecule has 0 aliphatic carbocycles. The van der Waals surface area contributed by atoms with Crippen LogP contribution in [0.3, 0.4) is 0 Å². The van der Waals surface area contributed by atoms with E-state index in [9.17, 15) is 15.0 Å². The first-order valence-corrected chi connectivity index (χ1v) is 11.7. The van der Waals surface area contributed by atoms with Gasteiger partial charge in [-0.05, 0) is 35.7 Å². The second-order valence-corrected chi connectivity index (χ2v) is 10.1. The maximum Gasteiger partial charge on any atom is 0.252 e. The predicted octanol–water partition coefficient (Wildman–Crippen LogP) is 3.45. The van der Waals surface area contributed by atoms with Gasteiger partial charge >= 0.3 is 0 Å². The molecule has 3 atom stereocenters. The van der Waals surface area contributed by atoms with Crippen LogP contribution in [0.1, 0.15) is 46.6 Å². The zero-order chi connectivity index (χ0) is 23.0. The Labute approximate surface area is 195 Å². The third-order valence-electron chi connectivity index (χ3n) is 8.53. The Morgan fingerprint density at radius 2 is 1.94 bits per heavy atom. The quantitative estimate of drug-likeness (QED) is 0.411. The highest BCUT2D eigenvalue weighted by atomic mass is 16.6. The Kier molecular flexibility index (Phi) is 3.24. The summed E-state index contributed by atoms with van der Waals surface area (Å²) in [5, 5.41) is 27.3. The first-order valence-electron chi connectivity index (χ1n) is 11.7. The van der Waals surface area contributed by atoms with Crippen LogP contribution in [0.2, 0.25) is 0 Å². The number of rotatable bonds is 1. The van der Waals surface area contributed by atoms with E-state index in [-0.39, 0.29) is 12.3 Å². The third-order valence-corrected chi connectivity index (χ3v) is 8.53. The van der Waals surface area contributed by atoms with Gasteiger partial charge in [0.05, 0.1) is 28.9 Å². The molecule has 1 saturated heterocycles. The zero-order valence-electron chi connectivity index (χ0n) is 18.6. The minimum atomic E-state index is -1.48. The number of carbonyl (C=O) groups is 1. The van der Waals surface area contributed by atoms with Crippen molar-refractivity contribution in [3.8, 4) is 0 Å². The number of hydrogen-bond donors (Lipinski definition) is 3. The van der Waals surface area contributed by atoms with E-state index in [0.717, 1.165) is 55.4 Å². The number of hydrogen-bond acceptors (Lipinski definition) is 5. The summed E-state index contributed by atoms with van der Waals surface area (Å²) in [6.45, 7) is 1.94. The van der Waals surface area contributed by atoms with Crippen molar-refractivity contribution in [3.63, 3.8) is 0 Å². The van der Waals surface area contributed by atoms with Gasteiger partial charge in [-0.25, -0.2) is 0 Å². The van der Waals surface area contributed by atoms with Crippen LogP contribution in [0.5, 0.6) is 0 Å². The number of anilines is 2. The second-order valence-electron chi connectivity index (χ2n) is 10.1. The van der Waals surface area contributed by atoms with Crippen LogP contribution in [-0.2, 0) is 17.7 Å². The number of nitrogens with zero attached hydrogens (tertiary/aromatic N) is 2. The van der Waals surface area contributed by atoms with E-state index in [2.05, 4.69) is 33.0 Å². The van der Waals surface area contributed by atoms with Crippen LogP contribution in [0.15, 0.2) is 48.5 Å². The van der Waals surface area contributed by atoms with Crippen LogP contribution in [-0.4, -0.2) is 38.6 Å². The minimum Gasteiger partial charge on any atom is -0.393 e.